The first-order valence-corrected chi connectivity index (χ1v) is 9.46. The van der Waals surface area contributed by atoms with Crippen molar-refractivity contribution in [3.8, 4) is 0 Å². The number of piperidine rings is 1. The maximum atomic E-state index is 12.5. The molecule has 3 rings (SSSR count). The molecule has 0 saturated carbocycles. The number of amides is 1. The van der Waals surface area contributed by atoms with E-state index in [1.807, 2.05) is 25.1 Å². The van der Waals surface area contributed by atoms with E-state index in [0.717, 1.165) is 43.6 Å². The van der Waals surface area contributed by atoms with E-state index in [2.05, 4.69) is 31.0 Å². The average Bonchev–Trinajstić information content (AvgIpc) is 2.81. The molecular formula is C20H28ClN3O. The van der Waals surface area contributed by atoms with Gasteiger partial charge in [0.25, 0.3) is 5.91 Å². The van der Waals surface area contributed by atoms with Crippen molar-refractivity contribution in [1.29, 1.82) is 0 Å². The van der Waals surface area contributed by atoms with E-state index in [1.54, 1.807) is 0 Å². The maximum absolute atomic E-state index is 12.5. The smallest absolute Gasteiger partial charge is 0.272 e. The number of nitrogens with one attached hydrogen (secondary N) is 1. The lowest BCUT2D eigenvalue weighted by Gasteiger charge is -2.38. The van der Waals surface area contributed by atoms with E-state index in [4.69, 9.17) is 16.6 Å². The number of rotatable bonds is 3. The number of aryl methyl sites for hydroxylation is 1. The van der Waals surface area contributed by atoms with Crippen molar-refractivity contribution in [2.45, 2.75) is 52.6 Å². The Morgan fingerprint density at radius 3 is 2.52 bits per heavy atom. The highest BCUT2D eigenvalue weighted by molar-refractivity contribution is 6.47. The molecule has 1 aromatic carbocycles. The molecular weight excluding hydrogens is 334 g/mol. The van der Waals surface area contributed by atoms with Gasteiger partial charge in [0.1, 0.15) is 11.4 Å². The molecule has 5 heteroatoms. The molecule has 0 unspecified atom stereocenters. The molecule has 2 heterocycles. The highest BCUT2D eigenvalue weighted by Gasteiger charge is 2.42. The van der Waals surface area contributed by atoms with Crippen LogP contribution in [0.4, 0.5) is 0 Å². The lowest BCUT2D eigenvalue weighted by molar-refractivity contribution is -0.115. The van der Waals surface area contributed by atoms with Gasteiger partial charge in [-0.15, -0.1) is 0 Å². The Bertz CT molecular complexity index is 677. The fourth-order valence-electron chi connectivity index (χ4n) is 3.51. The second kappa shape index (κ2) is 6.73. The SMILES string of the molecule is Cc1cc(Cl)cc(C2=NC3(CCN(CCC(C)(C)C)CC3)NC2=O)c1. The topological polar surface area (TPSA) is 44.7 Å². The minimum absolute atomic E-state index is 0.0789. The summed E-state index contributed by atoms with van der Waals surface area (Å²) in [6, 6.07) is 5.69. The van der Waals surface area contributed by atoms with Crippen LogP contribution in [0.25, 0.3) is 0 Å². The summed E-state index contributed by atoms with van der Waals surface area (Å²) < 4.78 is 0. The summed E-state index contributed by atoms with van der Waals surface area (Å²) in [4.78, 5) is 19.8. The van der Waals surface area contributed by atoms with Crippen LogP contribution in [0.5, 0.6) is 0 Å². The van der Waals surface area contributed by atoms with Crippen molar-refractivity contribution in [1.82, 2.24) is 10.2 Å². The Kier molecular flexibility index (Phi) is 4.95. The summed E-state index contributed by atoms with van der Waals surface area (Å²) in [5.74, 6) is -0.0789. The van der Waals surface area contributed by atoms with Gasteiger partial charge in [-0.25, -0.2) is 0 Å². The highest BCUT2D eigenvalue weighted by atomic mass is 35.5. The van der Waals surface area contributed by atoms with Crippen LogP contribution in [-0.2, 0) is 4.79 Å². The van der Waals surface area contributed by atoms with E-state index in [1.165, 1.54) is 6.42 Å². The van der Waals surface area contributed by atoms with Crippen molar-refractivity contribution in [2.75, 3.05) is 19.6 Å². The summed E-state index contributed by atoms with van der Waals surface area (Å²) >= 11 is 6.15. The first-order chi connectivity index (χ1) is 11.7. The van der Waals surface area contributed by atoms with Crippen LogP contribution in [0.3, 0.4) is 0 Å². The normalized spacial score (nSPS) is 20.7. The lowest BCUT2D eigenvalue weighted by atomic mass is 9.91. The molecule has 2 aliphatic rings. The van der Waals surface area contributed by atoms with Crippen LogP contribution in [-0.4, -0.2) is 41.8 Å². The fourth-order valence-corrected chi connectivity index (χ4v) is 3.80. The van der Waals surface area contributed by atoms with Crippen molar-refractivity contribution in [2.24, 2.45) is 10.4 Å². The number of nitrogens with zero attached hydrogens (tertiary/aromatic N) is 2. The van der Waals surface area contributed by atoms with Crippen LogP contribution in [0.2, 0.25) is 5.02 Å². The molecule has 25 heavy (non-hydrogen) atoms. The quantitative estimate of drug-likeness (QED) is 0.890. The molecule has 0 aliphatic carbocycles. The standard InChI is InChI=1S/C20H28ClN3O/c1-14-11-15(13-16(21)12-14)17-18(25)23-20(22-17)6-9-24(10-7-20)8-5-19(2,3)4/h11-13H,5-10H2,1-4H3,(H,23,25). The number of aliphatic imine (C=N–C) groups is 1. The van der Waals surface area contributed by atoms with E-state index in [9.17, 15) is 4.79 Å². The van der Waals surface area contributed by atoms with Crippen molar-refractivity contribution >= 4 is 23.2 Å². The first-order valence-electron chi connectivity index (χ1n) is 9.08. The van der Waals surface area contributed by atoms with Gasteiger partial charge in [0.2, 0.25) is 0 Å². The summed E-state index contributed by atoms with van der Waals surface area (Å²) in [7, 11) is 0. The number of hydrogen-bond acceptors (Lipinski definition) is 3. The van der Waals surface area contributed by atoms with Gasteiger partial charge in [0.15, 0.2) is 0 Å². The second-order valence-corrected chi connectivity index (χ2v) is 9.05. The number of carbonyl (C=O) groups is 1. The number of carbonyl (C=O) groups excluding carboxylic acids is 1. The molecule has 1 fully saturated rings. The Balaban J connectivity index is 1.70. The minimum atomic E-state index is -0.430. The van der Waals surface area contributed by atoms with Gasteiger partial charge in [-0.1, -0.05) is 32.4 Å². The first kappa shape index (κ1) is 18.4. The summed E-state index contributed by atoms with van der Waals surface area (Å²) in [5, 5.41) is 3.78. The number of halogens is 1. The van der Waals surface area contributed by atoms with Crippen LogP contribution >= 0.6 is 11.6 Å². The Hall–Kier alpha value is -1.39. The highest BCUT2D eigenvalue weighted by Crippen LogP contribution is 2.30. The lowest BCUT2D eigenvalue weighted by Crippen LogP contribution is -2.51. The van der Waals surface area contributed by atoms with Gasteiger partial charge < -0.3 is 10.2 Å². The van der Waals surface area contributed by atoms with Gasteiger partial charge >= 0.3 is 0 Å². The van der Waals surface area contributed by atoms with Gasteiger partial charge in [-0.2, -0.15) is 0 Å². The van der Waals surface area contributed by atoms with E-state index in [0.29, 0.717) is 16.1 Å². The third-order valence-electron chi connectivity index (χ3n) is 5.06. The zero-order valence-corrected chi connectivity index (χ0v) is 16.4. The summed E-state index contributed by atoms with van der Waals surface area (Å²) in [5.41, 5.74) is 2.30. The molecule has 1 amide bonds. The minimum Gasteiger partial charge on any atom is -0.326 e. The van der Waals surface area contributed by atoms with Crippen LogP contribution in [0.1, 0.15) is 51.2 Å². The van der Waals surface area contributed by atoms with Gasteiger partial charge in [-0.3, -0.25) is 9.79 Å². The second-order valence-electron chi connectivity index (χ2n) is 8.62. The van der Waals surface area contributed by atoms with Crippen LogP contribution in [0, 0.1) is 12.3 Å². The number of hydrogen-bond donors (Lipinski definition) is 1. The molecule has 0 bridgehead atoms. The number of benzene rings is 1. The molecule has 0 atom stereocenters. The predicted octanol–water partition coefficient (Wildman–Crippen LogP) is 3.80. The molecule has 0 radical (unpaired) electrons. The zero-order chi connectivity index (χ0) is 18.2. The average molecular weight is 362 g/mol. The fraction of sp³-hybridized carbons (Fsp3) is 0.600. The third-order valence-corrected chi connectivity index (χ3v) is 5.28. The van der Waals surface area contributed by atoms with Gasteiger partial charge in [-0.05, 0) is 49.1 Å². The molecule has 1 aromatic rings. The molecule has 4 nitrogen and oxygen atoms in total. The number of likely N-dealkylation sites (tertiary alicyclic amines) is 1. The third kappa shape index (κ3) is 4.42. The Labute approximate surface area is 155 Å². The predicted molar refractivity (Wildman–Crippen MR) is 103 cm³/mol. The van der Waals surface area contributed by atoms with Crippen molar-refractivity contribution in [3.63, 3.8) is 0 Å². The monoisotopic (exact) mass is 361 g/mol. The van der Waals surface area contributed by atoms with Gasteiger partial charge in [0, 0.05) is 36.5 Å². The molecule has 1 N–H and O–H groups in total. The van der Waals surface area contributed by atoms with E-state index < -0.39 is 5.66 Å². The molecule has 2 aliphatic heterocycles. The van der Waals surface area contributed by atoms with E-state index >= 15 is 0 Å². The zero-order valence-electron chi connectivity index (χ0n) is 15.7. The van der Waals surface area contributed by atoms with Crippen LogP contribution < -0.4 is 5.32 Å². The van der Waals surface area contributed by atoms with Crippen LogP contribution in [0.15, 0.2) is 23.2 Å². The molecule has 0 aromatic heterocycles. The molecule has 1 saturated heterocycles. The van der Waals surface area contributed by atoms with E-state index in [-0.39, 0.29) is 5.91 Å². The van der Waals surface area contributed by atoms with Crippen molar-refractivity contribution < 1.29 is 4.79 Å². The summed E-state index contributed by atoms with van der Waals surface area (Å²) in [6.45, 7) is 11.9. The molecule has 1 spiro atoms. The van der Waals surface area contributed by atoms with Crippen molar-refractivity contribution in [3.05, 3.63) is 34.3 Å². The molecule has 136 valence electrons. The Morgan fingerprint density at radius 2 is 1.92 bits per heavy atom. The Morgan fingerprint density at radius 1 is 1.24 bits per heavy atom. The summed E-state index contributed by atoms with van der Waals surface area (Å²) in [6.07, 6.45) is 2.92. The maximum Gasteiger partial charge on any atom is 0.272 e. The largest absolute Gasteiger partial charge is 0.326 e. The van der Waals surface area contributed by atoms with Gasteiger partial charge in [0.05, 0.1) is 0 Å².